The van der Waals surface area contributed by atoms with E-state index >= 15 is 0 Å². The number of H-pyrrole nitrogens is 1. The van der Waals surface area contributed by atoms with Crippen LogP contribution in [0.2, 0.25) is 0 Å². The summed E-state index contributed by atoms with van der Waals surface area (Å²) < 4.78 is 5.73. The van der Waals surface area contributed by atoms with E-state index in [1.807, 2.05) is 6.20 Å². The standard InChI is InChI=1S/C9H15N3O/c1-3-10-4-2-9(1)13-7-8-5-11-12-6-8/h5-6,9-10H,1-4,7H2,(H,11,12). The summed E-state index contributed by atoms with van der Waals surface area (Å²) in [5, 5.41) is 9.95. The molecule has 4 heteroatoms. The molecule has 0 radical (unpaired) electrons. The van der Waals surface area contributed by atoms with Crippen molar-refractivity contribution < 1.29 is 4.74 Å². The Morgan fingerprint density at radius 1 is 1.46 bits per heavy atom. The first kappa shape index (κ1) is 8.72. The lowest BCUT2D eigenvalue weighted by Crippen LogP contribution is -2.32. The van der Waals surface area contributed by atoms with Gasteiger partial charge < -0.3 is 10.1 Å². The molecule has 1 saturated heterocycles. The maximum Gasteiger partial charge on any atom is 0.0751 e. The summed E-state index contributed by atoms with van der Waals surface area (Å²) in [5.41, 5.74) is 1.12. The van der Waals surface area contributed by atoms with Crippen LogP contribution in [-0.2, 0) is 11.3 Å². The van der Waals surface area contributed by atoms with E-state index in [4.69, 9.17) is 4.74 Å². The van der Waals surface area contributed by atoms with Gasteiger partial charge in [-0.25, -0.2) is 0 Å². The second-order valence-electron chi connectivity index (χ2n) is 3.37. The van der Waals surface area contributed by atoms with E-state index in [0.717, 1.165) is 31.5 Å². The van der Waals surface area contributed by atoms with Gasteiger partial charge in [0.1, 0.15) is 0 Å². The van der Waals surface area contributed by atoms with Crippen molar-refractivity contribution in [3.05, 3.63) is 18.0 Å². The molecule has 0 atom stereocenters. The molecule has 0 saturated carbocycles. The van der Waals surface area contributed by atoms with Crippen LogP contribution in [0, 0.1) is 0 Å². The number of hydrogen-bond donors (Lipinski definition) is 2. The molecule has 1 aliphatic heterocycles. The first-order valence-electron chi connectivity index (χ1n) is 4.75. The number of rotatable bonds is 3. The Kier molecular flexibility index (Phi) is 2.94. The Hall–Kier alpha value is -0.870. The van der Waals surface area contributed by atoms with Gasteiger partial charge in [-0.1, -0.05) is 0 Å². The third-order valence-electron chi connectivity index (χ3n) is 2.33. The van der Waals surface area contributed by atoms with Crippen LogP contribution in [-0.4, -0.2) is 29.4 Å². The molecule has 2 N–H and O–H groups in total. The van der Waals surface area contributed by atoms with Crippen molar-refractivity contribution in [2.45, 2.75) is 25.6 Å². The van der Waals surface area contributed by atoms with Crippen molar-refractivity contribution in [1.82, 2.24) is 15.5 Å². The summed E-state index contributed by atoms with van der Waals surface area (Å²) in [4.78, 5) is 0. The van der Waals surface area contributed by atoms with Crippen molar-refractivity contribution in [3.8, 4) is 0 Å². The molecule has 2 heterocycles. The molecule has 72 valence electrons. The maximum absolute atomic E-state index is 5.73. The first-order chi connectivity index (χ1) is 6.45. The number of hydrogen-bond acceptors (Lipinski definition) is 3. The molecule has 0 bridgehead atoms. The van der Waals surface area contributed by atoms with Crippen LogP contribution >= 0.6 is 0 Å². The molecular formula is C9H15N3O. The zero-order valence-electron chi connectivity index (χ0n) is 7.62. The monoisotopic (exact) mass is 181 g/mol. The molecule has 0 aromatic carbocycles. The highest BCUT2D eigenvalue weighted by molar-refractivity contribution is 5.00. The molecular weight excluding hydrogens is 166 g/mol. The molecule has 1 aromatic heterocycles. The lowest BCUT2D eigenvalue weighted by atomic mass is 10.1. The lowest BCUT2D eigenvalue weighted by molar-refractivity contribution is 0.0212. The normalized spacial score (nSPS) is 19.1. The quantitative estimate of drug-likeness (QED) is 0.721. The zero-order valence-corrected chi connectivity index (χ0v) is 7.62. The van der Waals surface area contributed by atoms with E-state index in [1.165, 1.54) is 0 Å². The highest BCUT2D eigenvalue weighted by Gasteiger charge is 2.12. The minimum Gasteiger partial charge on any atom is -0.373 e. The molecule has 0 unspecified atom stereocenters. The van der Waals surface area contributed by atoms with Crippen LogP contribution in [0.5, 0.6) is 0 Å². The van der Waals surface area contributed by atoms with Crippen LogP contribution < -0.4 is 5.32 Å². The van der Waals surface area contributed by atoms with Gasteiger partial charge in [0.25, 0.3) is 0 Å². The molecule has 0 amide bonds. The first-order valence-corrected chi connectivity index (χ1v) is 4.75. The number of nitrogens with zero attached hydrogens (tertiary/aromatic N) is 1. The van der Waals surface area contributed by atoms with Gasteiger partial charge >= 0.3 is 0 Å². The number of aromatic nitrogens is 2. The second kappa shape index (κ2) is 4.39. The van der Waals surface area contributed by atoms with E-state index in [9.17, 15) is 0 Å². The van der Waals surface area contributed by atoms with E-state index in [2.05, 4.69) is 15.5 Å². The summed E-state index contributed by atoms with van der Waals surface area (Å²) in [6, 6.07) is 0. The van der Waals surface area contributed by atoms with Gasteiger partial charge in [-0.3, -0.25) is 5.10 Å². The minimum absolute atomic E-state index is 0.427. The molecule has 4 nitrogen and oxygen atoms in total. The predicted molar refractivity (Wildman–Crippen MR) is 49.3 cm³/mol. The summed E-state index contributed by atoms with van der Waals surface area (Å²) in [5.74, 6) is 0. The fourth-order valence-electron chi connectivity index (χ4n) is 1.53. The molecule has 2 rings (SSSR count). The SMILES string of the molecule is c1n[nH]cc1COC1CCNCC1. The number of nitrogens with one attached hydrogen (secondary N) is 2. The molecule has 0 spiro atoms. The zero-order chi connectivity index (χ0) is 8.93. The average molecular weight is 181 g/mol. The van der Waals surface area contributed by atoms with Crippen LogP contribution in [0.25, 0.3) is 0 Å². The van der Waals surface area contributed by atoms with E-state index in [1.54, 1.807) is 6.20 Å². The topological polar surface area (TPSA) is 49.9 Å². The van der Waals surface area contributed by atoms with Crippen molar-refractivity contribution >= 4 is 0 Å². The Morgan fingerprint density at radius 2 is 2.31 bits per heavy atom. The van der Waals surface area contributed by atoms with Crippen molar-refractivity contribution in [1.29, 1.82) is 0 Å². The summed E-state index contributed by atoms with van der Waals surface area (Å²) in [7, 11) is 0. The Bertz CT molecular complexity index is 229. The van der Waals surface area contributed by atoms with Crippen LogP contribution in [0.4, 0.5) is 0 Å². The predicted octanol–water partition coefficient (Wildman–Crippen LogP) is 0.678. The van der Waals surface area contributed by atoms with E-state index in [0.29, 0.717) is 12.7 Å². The lowest BCUT2D eigenvalue weighted by Gasteiger charge is -2.22. The van der Waals surface area contributed by atoms with Gasteiger partial charge in [0, 0.05) is 11.8 Å². The van der Waals surface area contributed by atoms with Gasteiger partial charge in [0.2, 0.25) is 0 Å². The van der Waals surface area contributed by atoms with Crippen LogP contribution in [0.15, 0.2) is 12.4 Å². The number of aromatic amines is 1. The van der Waals surface area contributed by atoms with Crippen molar-refractivity contribution in [2.24, 2.45) is 0 Å². The maximum atomic E-state index is 5.73. The van der Waals surface area contributed by atoms with Gasteiger partial charge in [-0.15, -0.1) is 0 Å². The highest BCUT2D eigenvalue weighted by Crippen LogP contribution is 2.09. The minimum atomic E-state index is 0.427. The molecule has 13 heavy (non-hydrogen) atoms. The van der Waals surface area contributed by atoms with Gasteiger partial charge in [0.05, 0.1) is 18.9 Å². The molecule has 1 fully saturated rings. The summed E-state index contributed by atoms with van der Waals surface area (Å²) in [6.07, 6.45) is 6.36. The van der Waals surface area contributed by atoms with Gasteiger partial charge in [-0.05, 0) is 25.9 Å². The second-order valence-corrected chi connectivity index (χ2v) is 3.37. The number of ether oxygens (including phenoxy) is 1. The third-order valence-corrected chi connectivity index (χ3v) is 2.33. The fraction of sp³-hybridized carbons (Fsp3) is 0.667. The Balaban J connectivity index is 1.72. The van der Waals surface area contributed by atoms with Crippen LogP contribution in [0.3, 0.4) is 0 Å². The third kappa shape index (κ3) is 2.54. The molecule has 0 aliphatic carbocycles. The molecule has 1 aliphatic rings. The summed E-state index contributed by atoms with van der Waals surface area (Å²) in [6.45, 7) is 2.84. The smallest absolute Gasteiger partial charge is 0.0751 e. The Morgan fingerprint density at radius 3 is 3.00 bits per heavy atom. The van der Waals surface area contributed by atoms with E-state index < -0.39 is 0 Å². The molecule has 1 aromatic rings. The Labute approximate surface area is 77.7 Å². The summed E-state index contributed by atoms with van der Waals surface area (Å²) >= 11 is 0. The van der Waals surface area contributed by atoms with Crippen molar-refractivity contribution in [3.63, 3.8) is 0 Å². The van der Waals surface area contributed by atoms with Crippen LogP contribution in [0.1, 0.15) is 18.4 Å². The van der Waals surface area contributed by atoms with E-state index in [-0.39, 0.29) is 0 Å². The van der Waals surface area contributed by atoms with Crippen molar-refractivity contribution in [2.75, 3.05) is 13.1 Å². The van der Waals surface area contributed by atoms with Gasteiger partial charge in [-0.2, -0.15) is 5.10 Å². The number of piperidine rings is 1. The van der Waals surface area contributed by atoms with Gasteiger partial charge in [0.15, 0.2) is 0 Å². The average Bonchev–Trinajstić information content (AvgIpc) is 2.69. The fourth-order valence-corrected chi connectivity index (χ4v) is 1.53. The largest absolute Gasteiger partial charge is 0.373 e. The highest BCUT2D eigenvalue weighted by atomic mass is 16.5.